The van der Waals surface area contributed by atoms with E-state index in [1.165, 1.54) is 0 Å². The second-order valence-electron chi connectivity index (χ2n) is 9.13. The number of nitrogens with zero attached hydrogens (tertiary/aromatic N) is 1. The number of hydrogen-bond acceptors (Lipinski definition) is 4. The fourth-order valence-electron chi connectivity index (χ4n) is 5.47. The van der Waals surface area contributed by atoms with Crippen LogP contribution in [0.2, 0.25) is 0 Å². The van der Waals surface area contributed by atoms with Gasteiger partial charge < -0.3 is 15.2 Å². The van der Waals surface area contributed by atoms with Gasteiger partial charge in [-0.2, -0.15) is 0 Å². The minimum Gasteiger partial charge on any atom is -0.497 e. The summed E-state index contributed by atoms with van der Waals surface area (Å²) < 4.78 is 10.8. The van der Waals surface area contributed by atoms with E-state index in [4.69, 9.17) is 15.2 Å². The number of methoxy groups -OCH3 is 2. The number of primary amides is 1. The summed E-state index contributed by atoms with van der Waals surface area (Å²) in [5.74, 6) is -0.318. The molecule has 1 aliphatic heterocycles. The molecule has 186 valence electrons. The monoisotopic (exact) mass is 492 g/mol. The Morgan fingerprint density at radius 3 is 1.89 bits per heavy atom. The Bertz CT molecular complexity index is 1410. The smallest absolute Gasteiger partial charge is 0.259 e. The van der Waals surface area contributed by atoms with Crippen molar-refractivity contribution in [2.75, 3.05) is 19.1 Å². The van der Waals surface area contributed by atoms with Gasteiger partial charge in [0, 0.05) is 11.3 Å². The van der Waals surface area contributed by atoms with Crippen LogP contribution in [0.15, 0.2) is 97.1 Å². The third kappa shape index (κ3) is 3.82. The molecule has 6 heteroatoms. The Hall–Kier alpha value is -4.58. The van der Waals surface area contributed by atoms with Gasteiger partial charge in [-0.05, 0) is 71.6 Å². The highest BCUT2D eigenvalue weighted by Gasteiger charge is 2.57. The Morgan fingerprint density at radius 1 is 0.811 bits per heavy atom. The largest absolute Gasteiger partial charge is 0.497 e. The molecule has 1 aliphatic rings. The predicted octanol–water partition coefficient (Wildman–Crippen LogP) is 5.19. The van der Waals surface area contributed by atoms with Crippen molar-refractivity contribution in [3.05, 3.63) is 125 Å². The number of aryl methyl sites for hydroxylation is 1. The molecule has 37 heavy (non-hydrogen) atoms. The summed E-state index contributed by atoms with van der Waals surface area (Å²) >= 11 is 0. The van der Waals surface area contributed by atoms with Crippen molar-refractivity contribution in [1.29, 1.82) is 0 Å². The van der Waals surface area contributed by atoms with Crippen LogP contribution in [0.1, 0.15) is 38.5 Å². The van der Waals surface area contributed by atoms with Crippen LogP contribution in [0.3, 0.4) is 0 Å². The molecule has 0 saturated carbocycles. The van der Waals surface area contributed by atoms with Gasteiger partial charge in [0.1, 0.15) is 17.0 Å². The number of nitrogens with two attached hydrogens (primary N) is 1. The standard InChI is InChI=1S/C31H28N2O4/c1-20-7-6-8-23(19-20)33-30(35)27-10-5-4-9-26(27)28(29(32)34)31(33,21-11-15-24(36-2)16-12-21)22-13-17-25(37-3)18-14-22/h4-19,28H,1-3H3,(H2,32,34). The molecule has 6 nitrogen and oxygen atoms in total. The van der Waals surface area contributed by atoms with E-state index < -0.39 is 17.4 Å². The lowest BCUT2D eigenvalue weighted by atomic mass is 9.65. The molecule has 4 aromatic carbocycles. The zero-order valence-corrected chi connectivity index (χ0v) is 21.0. The van der Waals surface area contributed by atoms with Gasteiger partial charge in [0.05, 0.1) is 20.1 Å². The van der Waals surface area contributed by atoms with E-state index in [1.54, 1.807) is 31.3 Å². The van der Waals surface area contributed by atoms with Crippen molar-refractivity contribution >= 4 is 17.5 Å². The van der Waals surface area contributed by atoms with E-state index in [2.05, 4.69) is 0 Å². The van der Waals surface area contributed by atoms with Gasteiger partial charge >= 0.3 is 0 Å². The maximum Gasteiger partial charge on any atom is 0.259 e. The number of carbonyl (C=O) groups is 2. The minimum absolute atomic E-state index is 0.217. The first-order chi connectivity index (χ1) is 17.9. The summed E-state index contributed by atoms with van der Waals surface area (Å²) in [7, 11) is 3.19. The van der Waals surface area contributed by atoms with Gasteiger partial charge in [0.2, 0.25) is 5.91 Å². The molecule has 0 bridgehead atoms. The van der Waals surface area contributed by atoms with Crippen LogP contribution in [0.4, 0.5) is 5.69 Å². The first kappa shape index (κ1) is 24.1. The Morgan fingerprint density at radius 2 is 1.38 bits per heavy atom. The SMILES string of the molecule is COc1ccc(C2(c3ccc(OC)cc3)C(C(N)=O)c3ccccc3C(=O)N2c2cccc(C)c2)cc1. The van der Waals surface area contributed by atoms with E-state index in [0.29, 0.717) is 28.3 Å². The first-order valence-electron chi connectivity index (χ1n) is 12.0. The predicted molar refractivity (Wildman–Crippen MR) is 143 cm³/mol. The number of carbonyl (C=O) groups excluding carboxylic acids is 2. The van der Waals surface area contributed by atoms with E-state index in [9.17, 15) is 9.59 Å². The summed E-state index contributed by atoms with van der Waals surface area (Å²) in [6.07, 6.45) is 0. The molecule has 2 amide bonds. The quantitative estimate of drug-likeness (QED) is 0.402. The number of benzene rings is 4. The fraction of sp³-hybridized carbons (Fsp3) is 0.161. The van der Waals surface area contributed by atoms with Crippen LogP contribution in [-0.4, -0.2) is 26.0 Å². The molecule has 0 fully saturated rings. The number of amides is 2. The van der Waals surface area contributed by atoms with Gasteiger partial charge in [-0.1, -0.05) is 54.6 Å². The molecule has 1 heterocycles. The van der Waals surface area contributed by atoms with E-state index >= 15 is 0 Å². The number of rotatable bonds is 6. The zero-order chi connectivity index (χ0) is 26.2. The lowest BCUT2D eigenvalue weighted by Gasteiger charge is -2.52. The van der Waals surface area contributed by atoms with Crippen LogP contribution < -0.4 is 20.1 Å². The molecule has 5 rings (SSSR count). The summed E-state index contributed by atoms with van der Waals surface area (Å²) in [6.45, 7) is 1.97. The molecule has 4 aromatic rings. The molecule has 0 saturated heterocycles. The average Bonchev–Trinajstić information content (AvgIpc) is 2.92. The Labute approximate surface area is 216 Å². The van der Waals surface area contributed by atoms with Crippen molar-refractivity contribution in [3.8, 4) is 11.5 Å². The first-order valence-corrected chi connectivity index (χ1v) is 12.0. The topological polar surface area (TPSA) is 81.9 Å². The molecule has 0 aliphatic carbocycles. The number of anilines is 1. The van der Waals surface area contributed by atoms with Crippen LogP contribution in [-0.2, 0) is 10.3 Å². The summed E-state index contributed by atoms with van der Waals surface area (Å²) in [6, 6.07) is 29.8. The van der Waals surface area contributed by atoms with E-state index in [1.807, 2.05) is 91.9 Å². The lowest BCUT2D eigenvalue weighted by molar-refractivity contribution is -0.120. The van der Waals surface area contributed by atoms with Crippen LogP contribution >= 0.6 is 0 Å². The van der Waals surface area contributed by atoms with Crippen molar-refractivity contribution in [1.82, 2.24) is 0 Å². The Kier molecular flexibility index (Phi) is 6.17. The van der Waals surface area contributed by atoms with Gasteiger partial charge in [-0.3, -0.25) is 14.5 Å². The molecular weight excluding hydrogens is 464 g/mol. The summed E-state index contributed by atoms with van der Waals surface area (Å²) in [5, 5.41) is 0. The molecule has 1 unspecified atom stereocenters. The van der Waals surface area contributed by atoms with Crippen LogP contribution in [0, 0.1) is 6.92 Å². The van der Waals surface area contributed by atoms with Gasteiger partial charge in [-0.15, -0.1) is 0 Å². The van der Waals surface area contributed by atoms with E-state index in [0.717, 1.165) is 16.7 Å². The summed E-state index contributed by atoms with van der Waals surface area (Å²) in [5.41, 5.74) is 9.09. The van der Waals surface area contributed by atoms with Crippen molar-refractivity contribution in [2.24, 2.45) is 5.73 Å². The molecular formula is C31H28N2O4. The number of ether oxygens (including phenoxy) is 2. The second kappa shape index (κ2) is 9.47. The molecule has 0 aromatic heterocycles. The highest BCUT2D eigenvalue weighted by Crippen LogP contribution is 2.53. The maximum absolute atomic E-state index is 14.4. The second-order valence-corrected chi connectivity index (χ2v) is 9.13. The third-order valence-electron chi connectivity index (χ3n) is 7.08. The number of hydrogen-bond donors (Lipinski definition) is 1. The van der Waals surface area contributed by atoms with E-state index in [-0.39, 0.29) is 5.91 Å². The molecule has 1 atom stereocenters. The lowest BCUT2D eigenvalue weighted by Crippen LogP contribution is -2.60. The highest BCUT2D eigenvalue weighted by molar-refractivity contribution is 6.13. The van der Waals surface area contributed by atoms with Crippen LogP contribution in [0.25, 0.3) is 0 Å². The fourth-order valence-corrected chi connectivity index (χ4v) is 5.47. The van der Waals surface area contributed by atoms with Gasteiger partial charge in [0.25, 0.3) is 5.91 Å². The minimum atomic E-state index is -1.29. The van der Waals surface area contributed by atoms with Crippen molar-refractivity contribution in [2.45, 2.75) is 18.4 Å². The summed E-state index contributed by atoms with van der Waals surface area (Å²) in [4.78, 5) is 29.7. The molecule has 0 spiro atoms. The zero-order valence-electron chi connectivity index (χ0n) is 21.0. The maximum atomic E-state index is 14.4. The van der Waals surface area contributed by atoms with Gasteiger partial charge in [0.15, 0.2) is 0 Å². The Balaban J connectivity index is 1.95. The average molecular weight is 493 g/mol. The highest BCUT2D eigenvalue weighted by atomic mass is 16.5. The number of fused-ring (bicyclic) bond motifs is 1. The molecule has 2 N–H and O–H groups in total. The van der Waals surface area contributed by atoms with Gasteiger partial charge in [-0.25, -0.2) is 0 Å². The molecule has 0 radical (unpaired) electrons. The third-order valence-corrected chi connectivity index (χ3v) is 7.08. The normalized spacial score (nSPS) is 16.1. The van der Waals surface area contributed by atoms with Crippen molar-refractivity contribution < 1.29 is 19.1 Å². The van der Waals surface area contributed by atoms with Crippen molar-refractivity contribution in [3.63, 3.8) is 0 Å². The van der Waals surface area contributed by atoms with Crippen LogP contribution in [0.5, 0.6) is 11.5 Å².